The molecular formula is C11H26N2. The maximum atomic E-state index is 3.25. The van der Waals surface area contributed by atoms with Crippen LogP contribution in [-0.2, 0) is 0 Å². The molecule has 0 heterocycles. The maximum Gasteiger partial charge on any atom is 0.0220 e. The molecule has 0 aromatic rings. The summed E-state index contributed by atoms with van der Waals surface area (Å²) in [5.41, 5.74) is 0.317. The standard InChI is InChI=1S/C11H26N2/c1-7-10(9-12-5)13(6)11(3,4)8-2/h10,12H,7-9H2,1-6H3. The molecule has 80 valence electrons. The maximum absolute atomic E-state index is 3.25. The molecule has 0 saturated carbocycles. The van der Waals surface area contributed by atoms with E-state index in [1.165, 1.54) is 12.8 Å². The fourth-order valence-electron chi connectivity index (χ4n) is 1.53. The highest BCUT2D eigenvalue weighted by molar-refractivity contribution is 4.83. The van der Waals surface area contributed by atoms with Gasteiger partial charge in [-0.1, -0.05) is 13.8 Å². The van der Waals surface area contributed by atoms with Crippen molar-refractivity contribution in [2.24, 2.45) is 0 Å². The molecule has 1 unspecified atom stereocenters. The third kappa shape index (κ3) is 3.65. The Hall–Kier alpha value is -0.0800. The Morgan fingerprint density at radius 2 is 1.85 bits per heavy atom. The fraction of sp³-hybridized carbons (Fsp3) is 1.00. The normalized spacial score (nSPS) is 15.0. The lowest BCUT2D eigenvalue weighted by molar-refractivity contribution is 0.0945. The molecule has 2 nitrogen and oxygen atoms in total. The molecule has 0 aromatic heterocycles. The van der Waals surface area contributed by atoms with Crippen molar-refractivity contribution in [2.45, 2.75) is 52.1 Å². The first-order chi connectivity index (χ1) is 5.99. The summed E-state index contributed by atoms with van der Waals surface area (Å²) < 4.78 is 0. The molecule has 0 amide bonds. The molecule has 0 aromatic carbocycles. The molecule has 2 heteroatoms. The van der Waals surface area contributed by atoms with Crippen molar-refractivity contribution in [1.29, 1.82) is 0 Å². The quantitative estimate of drug-likeness (QED) is 0.683. The second-order valence-electron chi connectivity index (χ2n) is 4.40. The van der Waals surface area contributed by atoms with Crippen molar-refractivity contribution in [3.05, 3.63) is 0 Å². The summed E-state index contributed by atoms with van der Waals surface area (Å²) in [4.78, 5) is 2.49. The Labute approximate surface area is 83.7 Å². The number of nitrogens with one attached hydrogen (secondary N) is 1. The Morgan fingerprint density at radius 3 is 2.15 bits per heavy atom. The van der Waals surface area contributed by atoms with E-state index in [1.54, 1.807) is 0 Å². The number of hydrogen-bond acceptors (Lipinski definition) is 2. The lowest BCUT2D eigenvalue weighted by Gasteiger charge is -2.40. The van der Waals surface area contributed by atoms with Crippen LogP contribution in [0.15, 0.2) is 0 Å². The summed E-state index contributed by atoms with van der Waals surface area (Å²) in [7, 11) is 4.25. The van der Waals surface area contributed by atoms with Crippen LogP contribution < -0.4 is 5.32 Å². The zero-order valence-corrected chi connectivity index (χ0v) is 10.1. The first-order valence-electron chi connectivity index (χ1n) is 5.37. The monoisotopic (exact) mass is 186 g/mol. The number of nitrogens with zero attached hydrogens (tertiary/aromatic N) is 1. The van der Waals surface area contributed by atoms with Crippen molar-refractivity contribution >= 4 is 0 Å². The second kappa shape index (κ2) is 5.61. The average Bonchev–Trinajstić information content (AvgIpc) is 2.13. The van der Waals surface area contributed by atoms with E-state index in [0.29, 0.717) is 11.6 Å². The first-order valence-corrected chi connectivity index (χ1v) is 5.37. The van der Waals surface area contributed by atoms with Crippen molar-refractivity contribution < 1.29 is 0 Å². The van der Waals surface area contributed by atoms with E-state index >= 15 is 0 Å². The minimum Gasteiger partial charge on any atom is -0.318 e. The summed E-state index contributed by atoms with van der Waals surface area (Å²) in [6.07, 6.45) is 2.41. The van der Waals surface area contributed by atoms with Gasteiger partial charge < -0.3 is 5.32 Å². The van der Waals surface area contributed by atoms with Gasteiger partial charge in [-0.2, -0.15) is 0 Å². The SMILES string of the molecule is CCC(CNC)N(C)C(C)(C)CC. The van der Waals surface area contributed by atoms with Gasteiger partial charge in [-0.3, -0.25) is 4.90 Å². The van der Waals surface area contributed by atoms with Gasteiger partial charge in [0.2, 0.25) is 0 Å². The van der Waals surface area contributed by atoms with E-state index in [1.807, 2.05) is 7.05 Å². The number of rotatable bonds is 6. The molecule has 0 aliphatic rings. The Balaban J connectivity index is 4.26. The Bertz CT molecular complexity index is 132. The van der Waals surface area contributed by atoms with Crippen LogP contribution in [0.3, 0.4) is 0 Å². The molecule has 0 fully saturated rings. The molecule has 0 aliphatic heterocycles. The molecule has 0 radical (unpaired) electrons. The van der Waals surface area contributed by atoms with Gasteiger partial charge in [0.05, 0.1) is 0 Å². The van der Waals surface area contributed by atoms with Crippen molar-refractivity contribution in [2.75, 3.05) is 20.6 Å². The lowest BCUT2D eigenvalue weighted by atomic mass is 9.97. The first kappa shape index (κ1) is 12.9. The third-order valence-corrected chi connectivity index (χ3v) is 3.28. The van der Waals surface area contributed by atoms with Gasteiger partial charge >= 0.3 is 0 Å². The lowest BCUT2D eigenvalue weighted by Crippen LogP contribution is -2.50. The van der Waals surface area contributed by atoms with Crippen LogP contribution in [-0.4, -0.2) is 37.1 Å². The van der Waals surface area contributed by atoms with Gasteiger partial charge in [0.1, 0.15) is 0 Å². The van der Waals surface area contributed by atoms with E-state index in [0.717, 1.165) is 6.54 Å². The summed E-state index contributed by atoms with van der Waals surface area (Å²) in [6, 6.07) is 0.653. The van der Waals surface area contributed by atoms with Gasteiger partial charge in [-0.25, -0.2) is 0 Å². The van der Waals surface area contributed by atoms with E-state index in [-0.39, 0.29) is 0 Å². The van der Waals surface area contributed by atoms with Crippen LogP contribution >= 0.6 is 0 Å². The highest BCUT2D eigenvalue weighted by Crippen LogP contribution is 2.20. The summed E-state index contributed by atoms with van der Waals surface area (Å²) in [6.45, 7) is 10.2. The van der Waals surface area contributed by atoms with E-state index in [2.05, 4.69) is 45.0 Å². The molecule has 0 spiro atoms. The molecule has 0 rings (SSSR count). The van der Waals surface area contributed by atoms with Gasteiger partial charge in [0, 0.05) is 18.1 Å². The smallest absolute Gasteiger partial charge is 0.0220 e. The predicted molar refractivity (Wildman–Crippen MR) is 60.1 cm³/mol. The summed E-state index contributed by atoms with van der Waals surface area (Å²) in [5.74, 6) is 0. The van der Waals surface area contributed by atoms with Crippen LogP contribution in [0.2, 0.25) is 0 Å². The average molecular weight is 186 g/mol. The molecule has 0 aliphatic carbocycles. The molecule has 0 saturated heterocycles. The zero-order valence-electron chi connectivity index (χ0n) is 10.1. The summed E-state index contributed by atoms with van der Waals surface area (Å²) >= 11 is 0. The van der Waals surface area contributed by atoms with Crippen molar-refractivity contribution in [3.8, 4) is 0 Å². The van der Waals surface area contributed by atoms with Crippen LogP contribution in [0.4, 0.5) is 0 Å². The van der Waals surface area contributed by atoms with Crippen molar-refractivity contribution in [3.63, 3.8) is 0 Å². The van der Waals surface area contributed by atoms with E-state index in [9.17, 15) is 0 Å². The van der Waals surface area contributed by atoms with Gasteiger partial charge in [-0.05, 0) is 40.8 Å². The minimum absolute atomic E-state index is 0.317. The molecular weight excluding hydrogens is 160 g/mol. The van der Waals surface area contributed by atoms with Crippen LogP contribution in [0.5, 0.6) is 0 Å². The summed E-state index contributed by atoms with van der Waals surface area (Å²) in [5, 5.41) is 3.25. The van der Waals surface area contributed by atoms with Gasteiger partial charge in [0.15, 0.2) is 0 Å². The highest BCUT2D eigenvalue weighted by atomic mass is 15.2. The number of likely N-dealkylation sites (N-methyl/N-ethyl adjacent to an activating group) is 2. The van der Waals surface area contributed by atoms with Crippen LogP contribution in [0.1, 0.15) is 40.5 Å². The molecule has 1 N–H and O–H groups in total. The highest BCUT2D eigenvalue weighted by Gasteiger charge is 2.26. The Morgan fingerprint density at radius 1 is 1.31 bits per heavy atom. The predicted octanol–water partition coefficient (Wildman–Crippen LogP) is 2.10. The largest absolute Gasteiger partial charge is 0.318 e. The second-order valence-corrected chi connectivity index (χ2v) is 4.40. The number of hydrogen-bond donors (Lipinski definition) is 1. The van der Waals surface area contributed by atoms with Crippen LogP contribution in [0.25, 0.3) is 0 Å². The van der Waals surface area contributed by atoms with E-state index in [4.69, 9.17) is 0 Å². The Kier molecular flexibility index (Phi) is 5.57. The van der Waals surface area contributed by atoms with Crippen LogP contribution in [0, 0.1) is 0 Å². The zero-order chi connectivity index (χ0) is 10.5. The molecule has 0 bridgehead atoms. The van der Waals surface area contributed by atoms with Gasteiger partial charge in [0.25, 0.3) is 0 Å². The molecule has 13 heavy (non-hydrogen) atoms. The van der Waals surface area contributed by atoms with Gasteiger partial charge in [-0.15, -0.1) is 0 Å². The topological polar surface area (TPSA) is 15.3 Å². The minimum atomic E-state index is 0.317. The van der Waals surface area contributed by atoms with E-state index < -0.39 is 0 Å². The fourth-order valence-corrected chi connectivity index (χ4v) is 1.53. The van der Waals surface area contributed by atoms with Crippen molar-refractivity contribution in [1.82, 2.24) is 10.2 Å². The third-order valence-electron chi connectivity index (χ3n) is 3.28. The molecule has 1 atom stereocenters.